The molecule has 1 fully saturated rings. The summed E-state index contributed by atoms with van der Waals surface area (Å²) in [5, 5.41) is 8.04. The molecule has 38 heavy (non-hydrogen) atoms. The molecule has 1 aromatic heterocycles. The predicted octanol–water partition coefficient (Wildman–Crippen LogP) is 3.97. The number of ether oxygens (including phenoxy) is 1. The van der Waals surface area contributed by atoms with Crippen LogP contribution in [0.3, 0.4) is 0 Å². The van der Waals surface area contributed by atoms with Crippen LogP contribution in [0.5, 0.6) is 5.75 Å². The minimum atomic E-state index is -4.20. The van der Waals surface area contributed by atoms with Gasteiger partial charge in [-0.25, -0.2) is 13.1 Å². The van der Waals surface area contributed by atoms with Crippen LogP contribution in [0.25, 0.3) is 0 Å². The number of hydrogen-bond acceptors (Lipinski definition) is 5. The van der Waals surface area contributed by atoms with E-state index in [1.54, 1.807) is 10.7 Å². The summed E-state index contributed by atoms with van der Waals surface area (Å²) in [5.41, 5.74) is 3.00. The Kier molecular flexibility index (Phi) is 7.23. The van der Waals surface area contributed by atoms with Crippen molar-refractivity contribution >= 4 is 15.9 Å². The topological polar surface area (TPSA) is 102 Å². The van der Waals surface area contributed by atoms with Crippen LogP contribution in [0, 0.1) is 5.92 Å². The molecule has 8 nitrogen and oxygen atoms in total. The maximum atomic E-state index is 13.5. The molecule has 2 aromatic rings. The average Bonchev–Trinajstić information content (AvgIpc) is 3.58. The lowest BCUT2D eigenvalue weighted by molar-refractivity contribution is -0.136. The fraction of sp³-hybridized carbons (Fsp3) is 0.615. The summed E-state index contributed by atoms with van der Waals surface area (Å²) in [4.78, 5) is 13.5. The molecule has 208 valence electrons. The van der Waals surface area contributed by atoms with Gasteiger partial charge in [0.15, 0.2) is 0 Å². The number of fused-ring (bicyclic) bond motifs is 3. The second kappa shape index (κ2) is 10.2. The van der Waals surface area contributed by atoms with Crippen LogP contribution in [-0.2, 0) is 41.5 Å². The summed E-state index contributed by atoms with van der Waals surface area (Å²) in [6.45, 7) is 0.606. The minimum absolute atomic E-state index is 0.00211. The molecule has 0 radical (unpaired) electrons. The zero-order valence-electron chi connectivity index (χ0n) is 21.4. The number of sulfonamides is 1. The van der Waals surface area contributed by atoms with Crippen LogP contribution in [0.15, 0.2) is 18.2 Å². The highest BCUT2D eigenvalue weighted by molar-refractivity contribution is 7.88. The van der Waals surface area contributed by atoms with Crippen molar-refractivity contribution in [1.82, 2.24) is 19.8 Å². The third-order valence-corrected chi connectivity index (χ3v) is 8.31. The number of hydrogen-bond donors (Lipinski definition) is 2. The monoisotopic (exact) mass is 554 g/mol. The summed E-state index contributed by atoms with van der Waals surface area (Å²) < 4.78 is 70.8. The lowest BCUT2D eigenvalue weighted by Gasteiger charge is -2.42. The Hall–Kier alpha value is -2.60. The minimum Gasteiger partial charge on any atom is -0.494 e. The van der Waals surface area contributed by atoms with Crippen molar-refractivity contribution in [1.29, 1.82) is 0 Å². The van der Waals surface area contributed by atoms with E-state index >= 15 is 0 Å². The number of nitrogens with zero attached hydrogens (tertiary/aromatic N) is 2. The quantitative estimate of drug-likeness (QED) is 0.433. The molecule has 1 aromatic carbocycles. The summed E-state index contributed by atoms with van der Waals surface area (Å²) in [5.74, 6) is 0.904. The average molecular weight is 555 g/mol. The molecule has 1 aliphatic heterocycles. The van der Waals surface area contributed by atoms with Crippen LogP contribution in [0.1, 0.15) is 77.8 Å². The number of carbonyl (C=O) groups excluding carboxylic acids is 1. The first kappa shape index (κ1) is 27.0. The van der Waals surface area contributed by atoms with Crippen LogP contribution < -0.4 is 14.8 Å². The third-order valence-electron chi connectivity index (χ3n) is 7.64. The Balaban J connectivity index is 1.39. The van der Waals surface area contributed by atoms with Crippen molar-refractivity contribution in [2.45, 2.75) is 82.6 Å². The van der Waals surface area contributed by atoms with E-state index in [0.29, 0.717) is 41.6 Å². The Labute approximate surface area is 220 Å². The SMILES string of the molecule is CS(=O)(=O)NCc1c2c(nn1CCC1CC1)C[C@]1(CCCc3cc(OCCCC(F)(F)F)ccc31)NC2=O. The first-order valence-electron chi connectivity index (χ1n) is 13.1. The van der Waals surface area contributed by atoms with Gasteiger partial charge < -0.3 is 10.1 Å². The van der Waals surface area contributed by atoms with Crippen LogP contribution >= 0.6 is 0 Å². The van der Waals surface area contributed by atoms with E-state index in [1.807, 2.05) is 12.1 Å². The number of nitrogens with one attached hydrogen (secondary N) is 2. The van der Waals surface area contributed by atoms with Gasteiger partial charge in [-0.1, -0.05) is 18.9 Å². The highest BCUT2D eigenvalue weighted by atomic mass is 32.2. The van der Waals surface area contributed by atoms with E-state index in [-0.39, 0.29) is 25.5 Å². The van der Waals surface area contributed by atoms with Gasteiger partial charge >= 0.3 is 6.18 Å². The van der Waals surface area contributed by atoms with E-state index in [0.717, 1.165) is 43.1 Å². The predicted molar refractivity (Wildman–Crippen MR) is 134 cm³/mol. The first-order valence-corrected chi connectivity index (χ1v) is 15.0. The number of halogens is 3. The summed E-state index contributed by atoms with van der Waals surface area (Å²) in [6.07, 6.45) is 2.02. The normalized spacial score (nSPS) is 21.2. The number of aryl methyl sites for hydroxylation is 2. The van der Waals surface area contributed by atoms with Crippen molar-refractivity contribution in [3.63, 3.8) is 0 Å². The molecule has 1 saturated carbocycles. The molecule has 2 N–H and O–H groups in total. The first-order chi connectivity index (χ1) is 17.9. The maximum absolute atomic E-state index is 13.5. The molecule has 0 saturated heterocycles. The van der Waals surface area contributed by atoms with E-state index in [2.05, 4.69) is 10.0 Å². The van der Waals surface area contributed by atoms with Gasteiger partial charge in [0.25, 0.3) is 5.91 Å². The Morgan fingerprint density at radius 1 is 1.29 bits per heavy atom. The van der Waals surface area contributed by atoms with Crippen LogP contribution in [0.4, 0.5) is 13.2 Å². The molecule has 3 aliphatic rings. The number of benzene rings is 1. The van der Waals surface area contributed by atoms with E-state index < -0.39 is 28.2 Å². The van der Waals surface area contributed by atoms with Crippen molar-refractivity contribution in [2.75, 3.05) is 12.9 Å². The lowest BCUT2D eigenvalue weighted by atomic mass is 9.71. The molecule has 2 aliphatic carbocycles. The second-order valence-electron chi connectivity index (χ2n) is 10.8. The van der Waals surface area contributed by atoms with E-state index in [9.17, 15) is 26.4 Å². The van der Waals surface area contributed by atoms with Crippen molar-refractivity contribution in [2.24, 2.45) is 5.92 Å². The zero-order chi connectivity index (χ0) is 27.1. The van der Waals surface area contributed by atoms with Gasteiger partial charge in [-0.2, -0.15) is 18.3 Å². The molecule has 1 spiro atoms. The Morgan fingerprint density at radius 2 is 2.08 bits per heavy atom. The Morgan fingerprint density at radius 3 is 2.79 bits per heavy atom. The van der Waals surface area contributed by atoms with Gasteiger partial charge in [0.1, 0.15) is 5.75 Å². The maximum Gasteiger partial charge on any atom is 0.389 e. The summed E-state index contributed by atoms with van der Waals surface area (Å²) in [7, 11) is -3.46. The smallest absolute Gasteiger partial charge is 0.389 e. The summed E-state index contributed by atoms with van der Waals surface area (Å²) >= 11 is 0. The van der Waals surface area contributed by atoms with Crippen molar-refractivity contribution < 1.29 is 31.1 Å². The van der Waals surface area contributed by atoms with Crippen molar-refractivity contribution in [3.05, 3.63) is 46.3 Å². The largest absolute Gasteiger partial charge is 0.494 e. The molecule has 0 bridgehead atoms. The standard InChI is InChI=1S/C26H33F3N4O4S/c1-38(35,36)30-16-22-23-21(32-33(22)12-9-17-5-6-17)15-25(31-24(23)34)10-2-4-18-14-19(7-8-20(18)25)37-13-3-11-26(27,28)29/h7-8,14,17,30H,2-6,9-13,15-16H2,1H3,(H,31,34)/t25-/m0/s1. The van der Waals surface area contributed by atoms with Gasteiger partial charge in [0.2, 0.25) is 10.0 Å². The fourth-order valence-corrected chi connectivity index (χ4v) is 6.05. The van der Waals surface area contributed by atoms with Crippen LogP contribution in [-0.4, -0.2) is 43.1 Å². The Bertz CT molecular complexity index is 1320. The van der Waals surface area contributed by atoms with Gasteiger partial charge in [-0.15, -0.1) is 0 Å². The molecule has 1 amide bonds. The molecule has 1 atom stereocenters. The fourth-order valence-electron chi connectivity index (χ4n) is 5.65. The number of aromatic nitrogens is 2. The number of rotatable bonds is 10. The third kappa shape index (κ3) is 6.17. The van der Waals surface area contributed by atoms with Crippen molar-refractivity contribution in [3.8, 4) is 5.75 Å². The molecule has 5 rings (SSSR count). The lowest BCUT2D eigenvalue weighted by Crippen LogP contribution is -2.53. The van der Waals surface area contributed by atoms with Gasteiger partial charge in [-0.3, -0.25) is 9.48 Å². The van der Waals surface area contributed by atoms with E-state index in [1.165, 1.54) is 12.8 Å². The molecule has 0 unspecified atom stereocenters. The molecular formula is C26H33F3N4O4S. The highest BCUT2D eigenvalue weighted by Crippen LogP contribution is 2.42. The molecular weight excluding hydrogens is 521 g/mol. The number of carbonyl (C=O) groups is 1. The van der Waals surface area contributed by atoms with E-state index in [4.69, 9.17) is 9.84 Å². The highest BCUT2D eigenvalue weighted by Gasteiger charge is 2.45. The van der Waals surface area contributed by atoms with Gasteiger partial charge in [-0.05, 0) is 61.3 Å². The number of amides is 1. The molecule has 2 heterocycles. The van der Waals surface area contributed by atoms with Gasteiger partial charge in [0, 0.05) is 19.4 Å². The number of alkyl halides is 3. The summed E-state index contributed by atoms with van der Waals surface area (Å²) in [6, 6.07) is 5.51. The van der Waals surface area contributed by atoms with Gasteiger partial charge in [0.05, 0.1) is 41.9 Å². The second-order valence-corrected chi connectivity index (χ2v) is 12.6. The zero-order valence-corrected chi connectivity index (χ0v) is 22.2. The van der Waals surface area contributed by atoms with Crippen LogP contribution in [0.2, 0.25) is 0 Å². The molecule has 12 heteroatoms.